The monoisotopic (exact) mass is 500 g/mol. The van der Waals surface area contributed by atoms with Crippen molar-refractivity contribution in [3.8, 4) is 5.75 Å². The van der Waals surface area contributed by atoms with Gasteiger partial charge in [-0.3, -0.25) is 9.69 Å². The molecule has 7 nitrogen and oxygen atoms in total. The number of hydrogen-bond donors (Lipinski definition) is 2. The Morgan fingerprint density at radius 3 is 2.50 bits per heavy atom. The lowest BCUT2D eigenvalue weighted by Gasteiger charge is -2.35. The van der Waals surface area contributed by atoms with Gasteiger partial charge in [0.25, 0.3) is 0 Å². The molecule has 0 bridgehead atoms. The summed E-state index contributed by atoms with van der Waals surface area (Å²) in [6.07, 6.45) is -1.93. The van der Waals surface area contributed by atoms with Gasteiger partial charge < -0.3 is 20.1 Å². The molecule has 0 unspecified atom stereocenters. The van der Waals surface area contributed by atoms with Crippen molar-refractivity contribution in [3.05, 3.63) is 65.7 Å². The molecule has 0 spiro atoms. The number of amides is 1. The zero-order valence-corrected chi connectivity index (χ0v) is 19.8. The number of aromatic nitrogens is 1. The van der Waals surface area contributed by atoms with Crippen molar-refractivity contribution >= 4 is 34.4 Å². The Morgan fingerprint density at radius 2 is 1.83 bits per heavy atom. The molecule has 1 saturated heterocycles. The molecule has 2 heterocycles. The molecule has 1 aliphatic rings. The Kier molecular flexibility index (Phi) is 7.76. The normalized spacial score (nSPS) is 15.0. The molecule has 0 saturated carbocycles. The second-order valence-corrected chi connectivity index (χ2v) is 8.52. The molecule has 1 amide bonds. The van der Waals surface area contributed by atoms with Crippen LogP contribution in [0.1, 0.15) is 11.1 Å². The number of rotatable bonds is 7. The first-order valence-electron chi connectivity index (χ1n) is 11.5. The first-order valence-corrected chi connectivity index (χ1v) is 11.5. The number of nitrogens with one attached hydrogen (secondary N) is 1. The van der Waals surface area contributed by atoms with Crippen molar-refractivity contribution in [3.63, 3.8) is 0 Å². The highest BCUT2D eigenvalue weighted by atomic mass is 19.4. The predicted molar refractivity (Wildman–Crippen MR) is 133 cm³/mol. The van der Waals surface area contributed by atoms with Gasteiger partial charge in [-0.2, -0.15) is 0 Å². The largest absolute Gasteiger partial charge is 0.573 e. The van der Waals surface area contributed by atoms with Crippen LogP contribution in [0.5, 0.6) is 5.75 Å². The van der Waals surface area contributed by atoms with E-state index < -0.39 is 6.36 Å². The van der Waals surface area contributed by atoms with Gasteiger partial charge in [-0.05, 0) is 60.5 Å². The van der Waals surface area contributed by atoms with E-state index >= 15 is 0 Å². The van der Waals surface area contributed by atoms with E-state index in [0.29, 0.717) is 17.8 Å². The number of piperazine rings is 1. The molecule has 0 radical (unpaired) electrons. The number of anilines is 2. The third kappa shape index (κ3) is 6.73. The Balaban J connectivity index is 1.39. The van der Waals surface area contributed by atoms with E-state index in [1.54, 1.807) is 6.07 Å². The van der Waals surface area contributed by atoms with Crippen LogP contribution in [0.25, 0.3) is 17.0 Å². The van der Waals surface area contributed by atoms with E-state index in [-0.39, 0.29) is 18.3 Å². The summed E-state index contributed by atoms with van der Waals surface area (Å²) in [4.78, 5) is 21.7. The Labute approximate surface area is 206 Å². The Bertz CT molecular complexity index is 1240. The lowest BCUT2D eigenvalue weighted by atomic mass is 10.1. The number of ether oxygens (including phenoxy) is 1. The summed E-state index contributed by atoms with van der Waals surface area (Å²) in [7, 11) is 0. The van der Waals surface area contributed by atoms with Gasteiger partial charge in [0.2, 0.25) is 5.91 Å². The highest BCUT2D eigenvalue weighted by Crippen LogP contribution is 2.26. The highest BCUT2D eigenvalue weighted by molar-refractivity contribution is 6.03. The van der Waals surface area contributed by atoms with E-state index in [2.05, 4.69) is 19.9 Å². The van der Waals surface area contributed by atoms with Crippen LogP contribution in [0.15, 0.2) is 54.6 Å². The van der Waals surface area contributed by atoms with E-state index in [1.165, 1.54) is 36.4 Å². The zero-order chi connectivity index (χ0) is 25.7. The molecule has 2 aromatic carbocycles. The number of carbonyl (C=O) groups excluding carboxylic acids is 1. The van der Waals surface area contributed by atoms with Gasteiger partial charge in [0.15, 0.2) is 0 Å². The molecule has 1 aliphatic heterocycles. The second kappa shape index (κ2) is 11.0. The number of hydrogen-bond acceptors (Lipinski definition) is 6. The maximum Gasteiger partial charge on any atom is 0.573 e. The fraction of sp³-hybridized carbons (Fsp3) is 0.308. The molecule has 0 aliphatic carbocycles. The summed E-state index contributed by atoms with van der Waals surface area (Å²) in [5.41, 5.74) is 3.04. The van der Waals surface area contributed by atoms with E-state index in [1.807, 2.05) is 25.1 Å². The summed E-state index contributed by atoms with van der Waals surface area (Å²) in [6, 6.07) is 12.8. The van der Waals surface area contributed by atoms with Gasteiger partial charge >= 0.3 is 6.36 Å². The first-order chi connectivity index (χ1) is 17.2. The van der Waals surface area contributed by atoms with Crippen LogP contribution in [0.2, 0.25) is 0 Å². The fourth-order valence-corrected chi connectivity index (χ4v) is 4.09. The summed E-state index contributed by atoms with van der Waals surface area (Å²) in [5, 5.41) is 12.9. The maximum atomic E-state index is 12.4. The molecular formula is C26H27F3N4O3. The van der Waals surface area contributed by atoms with Crippen LogP contribution < -0.4 is 15.0 Å². The van der Waals surface area contributed by atoms with Gasteiger partial charge in [0, 0.05) is 49.9 Å². The standard InChI is InChI=1S/C26H27F3N4O3/c1-18-16-24(33-12-10-32(11-13-33)14-15-34)31-23-8-5-20(17-22(18)23)30-25(35)9-4-19-2-6-21(7-3-19)36-26(27,28)29/h2-9,16-17,34H,10-15H2,1H3,(H,30,35)/b9-4+. The number of aliphatic hydroxyl groups excluding tert-OH is 1. The maximum absolute atomic E-state index is 12.4. The molecule has 190 valence electrons. The van der Waals surface area contributed by atoms with Gasteiger partial charge in [-0.1, -0.05) is 12.1 Å². The number of β-amino-alcohol motifs (C(OH)–C–C–N with tert-alkyl or cyclic N) is 1. The van der Waals surface area contributed by atoms with Crippen molar-refractivity contribution in [2.45, 2.75) is 13.3 Å². The average Bonchev–Trinajstić information content (AvgIpc) is 2.84. The van der Waals surface area contributed by atoms with Crippen LogP contribution in [-0.4, -0.2) is 66.6 Å². The molecule has 1 fully saturated rings. The smallest absolute Gasteiger partial charge is 0.406 e. The highest BCUT2D eigenvalue weighted by Gasteiger charge is 2.30. The van der Waals surface area contributed by atoms with Crippen LogP contribution in [0.3, 0.4) is 0 Å². The third-order valence-electron chi connectivity index (χ3n) is 5.92. The number of halogens is 3. The van der Waals surface area contributed by atoms with Crippen LogP contribution in [-0.2, 0) is 4.79 Å². The number of fused-ring (bicyclic) bond motifs is 1. The third-order valence-corrected chi connectivity index (χ3v) is 5.92. The minimum absolute atomic E-state index is 0.163. The van der Waals surface area contributed by atoms with Crippen molar-refractivity contribution in [1.29, 1.82) is 0 Å². The van der Waals surface area contributed by atoms with Crippen LogP contribution in [0.4, 0.5) is 24.7 Å². The van der Waals surface area contributed by atoms with E-state index in [9.17, 15) is 18.0 Å². The van der Waals surface area contributed by atoms with Crippen LogP contribution in [0, 0.1) is 6.92 Å². The SMILES string of the molecule is Cc1cc(N2CCN(CCO)CC2)nc2ccc(NC(=O)/C=C/c3ccc(OC(F)(F)F)cc3)cc12. The summed E-state index contributed by atoms with van der Waals surface area (Å²) in [5.74, 6) is 0.222. The lowest BCUT2D eigenvalue weighted by Crippen LogP contribution is -2.47. The second-order valence-electron chi connectivity index (χ2n) is 8.52. The zero-order valence-electron chi connectivity index (χ0n) is 19.8. The van der Waals surface area contributed by atoms with E-state index in [0.717, 1.165) is 48.5 Å². The summed E-state index contributed by atoms with van der Waals surface area (Å²) < 4.78 is 40.6. The number of pyridine rings is 1. The number of carbonyl (C=O) groups is 1. The number of nitrogens with zero attached hydrogens (tertiary/aromatic N) is 3. The van der Waals surface area contributed by atoms with Crippen LogP contribution >= 0.6 is 0 Å². The molecule has 36 heavy (non-hydrogen) atoms. The molecule has 4 rings (SSSR count). The van der Waals surface area contributed by atoms with Crippen molar-refractivity contribution in [2.75, 3.05) is 49.5 Å². The summed E-state index contributed by atoms with van der Waals surface area (Å²) >= 11 is 0. The van der Waals surface area contributed by atoms with Gasteiger partial charge in [-0.15, -0.1) is 13.2 Å². The Morgan fingerprint density at radius 1 is 1.11 bits per heavy atom. The molecular weight excluding hydrogens is 473 g/mol. The molecule has 3 aromatic rings. The number of aryl methyl sites for hydroxylation is 1. The topological polar surface area (TPSA) is 77.9 Å². The predicted octanol–water partition coefficient (Wildman–Crippen LogP) is 4.21. The molecule has 1 aromatic heterocycles. The van der Waals surface area contributed by atoms with Gasteiger partial charge in [0.05, 0.1) is 12.1 Å². The molecule has 10 heteroatoms. The molecule has 2 N–H and O–H groups in total. The number of benzene rings is 2. The molecule has 0 atom stereocenters. The van der Waals surface area contributed by atoms with Crippen molar-refractivity contribution < 1.29 is 27.8 Å². The van der Waals surface area contributed by atoms with Gasteiger partial charge in [0.1, 0.15) is 11.6 Å². The lowest BCUT2D eigenvalue weighted by molar-refractivity contribution is -0.274. The minimum Gasteiger partial charge on any atom is -0.406 e. The van der Waals surface area contributed by atoms with Crippen molar-refractivity contribution in [2.24, 2.45) is 0 Å². The minimum atomic E-state index is -4.75. The van der Waals surface area contributed by atoms with Gasteiger partial charge in [-0.25, -0.2) is 4.98 Å². The van der Waals surface area contributed by atoms with E-state index in [4.69, 9.17) is 10.1 Å². The quantitative estimate of drug-likeness (QED) is 0.474. The summed E-state index contributed by atoms with van der Waals surface area (Å²) in [6.45, 7) is 6.30. The Hall–Kier alpha value is -3.63. The first kappa shape index (κ1) is 25.5. The number of alkyl halides is 3. The average molecular weight is 501 g/mol. The number of aliphatic hydroxyl groups is 1. The fourth-order valence-electron chi connectivity index (χ4n) is 4.09. The van der Waals surface area contributed by atoms with Crippen molar-refractivity contribution in [1.82, 2.24) is 9.88 Å².